The van der Waals surface area contributed by atoms with Crippen LogP contribution in [0.4, 0.5) is 0 Å². The summed E-state index contributed by atoms with van der Waals surface area (Å²) in [5, 5.41) is 3.47. The minimum atomic E-state index is 0.386. The number of aromatic nitrogens is 1. The van der Waals surface area contributed by atoms with E-state index in [-0.39, 0.29) is 0 Å². The van der Waals surface area contributed by atoms with Gasteiger partial charge in [0, 0.05) is 17.6 Å². The molecule has 0 spiro atoms. The first-order valence-corrected chi connectivity index (χ1v) is 6.66. The molecule has 0 amide bonds. The third-order valence-electron chi connectivity index (χ3n) is 2.74. The summed E-state index contributed by atoms with van der Waals surface area (Å²) in [6, 6.07) is 0. The average molecular weight is 226 g/mol. The number of hydrogen-bond donors (Lipinski definition) is 1. The van der Waals surface area contributed by atoms with Gasteiger partial charge in [0.1, 0.15) is 0 Å². The van der Waals surface area contributed by atoms with Crippen molar-refractivity contribution in [2.45, 2.75) is 40.0 Å². The van der Waals surface area contributed by atoms with E-state index in [4.69, 9.17) is 0 Å². The molecule has 2 nitrogen and oxygen atoms in total. The summed E-state index contributed by atoms with van der Waals surface area (Å²) in [6.45, 7) is 8.96. The zero-order valence-corrected chi connectivity index (χ0v) is 10.9. The molecule has 0 saturated carbocycles. The van der Waals surface area contributed by atoms with Crippen LogP contribution in [0.1, 0.15) is 38.5 Å². The van der Waals surface area contributed by atoms with Gasteiger partial charge in [0.05, 0.1) is 5.51 Å². The maximum absolute atomic E-state index is 4.14. The highest BCUT2D eigenvalue weighted by Crippen LogP contribution is 2.28. The van der Waals surface area contributed by atoms with Gasteiger partial charge in [-0.1, -0.05) is 27.2 Å². The fourth-order valence-electron chi connectivity index (χ4n) is 2.02. The predicted octanol–water partition coefficient (Wildman–Crippen LogP) is 3.10. The van der Waals surface area contributed by atoms with Crippen LogP contribution in [0.5, 0.6) is 0 Å². The molecule has 0 radical (unpaired) electrons. The summed E-state index contributed by atoms with van der Waals surface area (Å²) in [5.41, 5.74) is 2.31. The highest BCUT2D eigenvalue weighted by molar-refractivity contribution is 7.09. The van der Waals surface area contributed by atoms with E-state index in [1.807, 2.05) is 11.7 Å². The van der Waals surface area contributed by atoms with Crippen molar-refractivity contribution in [2.75, 3.05) is 13.1 Å². The first kappa shape index (κ1) is 12.7. The second-order valence-electron chi connectivity index (χ2n) is 4.49. The number of thiazole rings is 1. The molecule has 1 aromatic heterocycles. The van der Waals surface area contributed by atoms with Gasteiger partial charge in [-0.3, -0.25) is 4.98 Å². The van der Waals surface area contributed by atoms with E-state index in [2.05, 4.69) is 31.1 Å². The largest absolute Gasteiger partial charge is 0.316 e. The Kier molecular flexibility index (Phi) is 5.26. The third-order valence-corrected chi connectivity index (χ3v) is 3.52. The molecule has 1 atom stereocenters. The fourth-order valence-corrected chi connectivity index (χ4v) is 2.83. The summed E-state index contributed by atoms with van der Waals surface area (Å²) < 4.78 is 0. The van der Waals surface area contributed by atoms with Gasteiger partial charge in [-0.15, -0.1) is 11.3 Å². The molecule has 0 aliphatic heterocycles. The first-order chi connectivity index (χ1) is 7.20. The summed E-state index contributed by atoms with van der Waals surface area (Å²) in [6.07, 6.45) is 5.68. The van der Waals surface area contributed by atoms with E-state index in [1.54, 1.807) is 11.3 Å². The number of rotatable bonds is 7. The lowest BCUT2D eigenvalue weighted by atomic mass is 9.82. The van der Waals surface area contributed by atoms with Crippen molar-refractivity contribution in [2.24, 2.45) is 5.41 Å². The van der Waals surface area contributed by atoms with Crippen molar-refractivity contribution in [1.82, 2.24) is 10.3 Å². The number of nitrogens with one attached hydrogen (secondary N) is 1. The summed E-state index contributed by atoms with van der Waals surface area (Å²) in [4.78, 5) is 5.55. The molecule has 1 N–H and O–H groups in total. The van der Waals surface area contributed by atoms with Crippen molar-refractivity contribution in [1.29, 1.82) is 0 Å². The average Bonchev–Trinajstić information content (AvgIpc) is 2.68. The van der Waals surface area contributed by atoms with Gasteiger partial charge in [0.2, 0.25) is 0 Å². The van der Waals surface area contributed by atoms with E-state index in [0.717, 1.165) is 19.5 Å². The quantitative estimate of drug-likeness (QED) is 0.773. The summed E-state index contributed by atoms with van der Waals surface area (Å²) in [5.74, 6) is 0. The van der Waals surface area contributed by atoms with E-state index in [1.165, 1.54) is 17.7 Å². The minimum absolute atomic E-state index is 0.386. The van der Waals surface area contributed by atoms with E-state index >= 15 is 0 Å². The predicted molar refractivity (Wildman–Crippen MR) is 67.4 cm³/mol. The van der Waals surface area contributed by atoms with Crippen molar-refractivity contribution < 1.29 is 0 Å². The monoisotopic (exact) mass is 226 g/mol. The molecule has 1 aromatic rings. The van der Waals surface area contributed by atoms with Crippen LogP contribution >= 0.6 is 11.3 Å². The van der Waals surface area contributed by atoms with Crippen LogP contribution in [-0.2, 0) is 6.42 Å². The van der Waals surface area contributed by atoms with E-state index in [0.29, 0.717) is 5.41 Å². The zero-order valence-electron chi connectivity index (χ0n) is 10.0. The molecule has 0 aliphatic rings. The van der Waals surface area contributed by atoms with Gasteiger partial charge in [0.15, 0.2) is 0 Å². The molecule has 15 heavy (non-hydrogen) atoms. The maximum atomic E-state index is 4.14. The van der Waals surface area contributed by atoms with Crippen LogP contribution in [0.15, 0.2) is 11.7 Å². The topological polar surface area (TPSA) is 24.9 Å². The van der Waals surface area contributed by atoms with Crippen LogP contribution in [-0.4, -0.2) is 18.1 Å². The van der Waals surface area contributed by atoms with Crippen LogP contribution in [0.3, 0.4) is 0 Å². The van der Waals surface area contributed by atoms with E-state index in [9.17, 15) is 0 Å². The Balaban J connectivity index is 2.55. The lowest BCUT2D eigenvalue weighted by Crippen LogP contribution is -2.33. The summed E-state index contributed by atoms with van der Waals surface area (Å²) in [7, 11) is 0. The normalized spacial score (nSPS) is 15.1. The van der Waals surface area contributed by atoms with Gasteiger partial charge >= 0.3 is 0 Å². The standard InChI is InChI=1S/C12H22N2S/c1-4-6-12(3,9-13-5-2)7-11-8-14-10-15-11/h8,10,13H,4-7,9H2,1-3H3. The Labute approximate surface area is 97.1 Å². The second kappa shape index (κ2) is 6.23. The van der Waals surface area contributed by atoms with Gasteiger partial charge in [0.25, 0.3) is 0 Å². The molecule has 1 heterocycles. The van der Waals surface area contributed by atoms with Crippen LogP contribution in [0, 0.1) is 5.41 Å². The second-order valence-corrected chi connectivity index (χ2v) is 5.46. The zero-order chi connectivity index (χ0) is 11.1. The van der Waals surface area contributed by atoms with E-state index < -0.39 is 0 Å². The smallest absolute Gasteiger partial charge is 0.0794 e. The van der Waals surface area contributed by atoms with Crippen molar-refractivity contribution >= 4 is 11.3 Å². The highest BCUT2D eigenvalue weighted by Gasteiger charge is 2.23. The highest BCUT2D eigenvalue weighted by atomic mass is 32.1. The summed E-state index contributed by atoms with van der Waals surface area (Å²) >= 11 is 1.77. The molecule has 86 valence electrons. The fraction of sp³-hybridized carbons (Fsp3) is 0.750. The molecule has 0 fully saturated rings. The third kappa shape index (κ3) is 4.31. The van der Waals surface area contributed by atoms with Gasteiger partial charge in [-0.2, -0.15) is 0 Å². The molecule has 3 heteroatoms. The molecular formula is C12H22N2S. The van der Waals surface area contributed by atoms with Crippen molar-refractivity contribution in [3.63, 3.8) is 0 Å². The molecule has 1 unspecified atom stereocenters. The first-order valence-electron chi connectivity index (χ1n) is 5.78. The molecule has 1 rings (SSSR count). The Morgan fingerprint density at radius 3 is 2.80 bits per heavy atom. The van der Waals surface area contributed by atoms with Gasteiger partial charge in [-0.05, 0) is 24.8 Å². The Morgan fingerprint density at radius 1 is 1.47 bits per heavy atom. The number of hydrogen-bond acceptors (Lipinski definition) is 3. The number of nitrogens with zero attached hydrogens (tertiary/aromatic N) is 1. The van der Waals surface area contributed by atoms with Crippen molar-refractivity contribution in [3.05, 3.63) is 16.6 Å². The van der Waals surface area contributed by atoms with Crippen LogP contribution in [0.25, 0.3) is 0 Å². The van der Waals surface area contributed by atoms with Gasteiger partial charge < -0.3 is 5.32 Å². The minimum Gasteiger partial charge on any atom is -0.316 e. The Morgan fingerprint density at radius 2 is 2.27 bits per heavy atom. The van der Waals surface area contributed by atoms with Crippen LogP contribution < -0.4 is 5.32 Å². The molecule has 0 aliphatic carbocycles. The lowest BCUT2D eigenvalue weighted by Gasteiger charge is -2.29. The SMILES string of the molecule is CCCC(C)(CNCC)Cc1cncs1. The molecule has 0 aromatic carbocycles. The lowest BCUT2D eigenvalue weighted by molar-refractivity contribution is 0.279. The molecule has 0 bridgehead atoms. The van der Waals surface area contributed by atoms with Gasteiger partial charge in [-0.25, -0.2) is 0 Å². The Bertz CT molecular complexity index is 259. The van der Waals surface area contributed by atoms with Crippen molar-refractivity contribution in [3.8, 4) is 0 Å². The molecule has 0 saturated heterocycles. The molecular weight excluding hydrogens is 204 g/mol. The maximum Gasteiger partial charge on any atom is 0.0794 e. The Hall–Kier alpha value is -0.410. The van der Waals surface area contributed by atoms with Crippen LogP contribution in [0.2, 0.25) is 0 Å².